The number of carboxylic acids is 1. The van der Waals surface area contributed by atoms with E-state index in [0.717, 1.165) is 37.8 Å². The van der Waals surface area contributed by atoms with Crippen molar-refractivity contribution in [2.75, 3.05) is 18.4 Å². The van der Waals surface area contributed by atoms with Gasteiger partial charge in [-0.05, 0) is 25.5 Å². The monoisotopic (exact) mass is 320 g/mol. The smallest absolute Gasteiger partial charge is 0.328 e. The Morgan fingerprint density at radius 2 is 2.20 bits per heavy atom. The molecule has 0 saturated carbocycles. The molecule has 112 valence electrons. The van der Waals surface area contributed by atoms with Gasteiger partial charge in [-0.2, -0.15) is 0 Å². The highest BCUT2D eigenvalue weighted by molar-refractivity contribution is 5.85. The summed E-state index contributed by atoms with van der Waals surface area (Å²) in [6, 6.07) is 0.383. The lowest BCUT2D eigenvalue weighted by Gasteiger charge is -2.24. The van der Waals surface area contributed by atoms with Crippen LogP contribution in [0.25, 0.3) is 6.08 Å². The molecule has 20 heavy (non-hydrogen) atoms. The first-order valence-electron chi connectivity index (χ1n) is 5.94. The van der Waals surface area contributed by atoms with E-state index in [9.17, 15) is 4.79 Å². The quantitative estimate of drug-likeness (QED) is 0.730. The van der Waals surface area contributed by atoms with Crippen LogP contribution in [-0.2, 0) is 4.79 Å². The van der Waals surface area contributed by atoms with Gasteiger partial charge in [-0.25, -0.2) is 9.78 Å². The average Bonchev–Trinajstić information content (AvgIpc) is 2.39. The van der Waals surface area contributed by atoms with Crippen LogP contribution in [0.4, 0.5) is 5.82 Å². The van der Waals surface area contributed by atoms with Crippen LogP contribution in [0.3, 0.4) is 0 Å². The largest absolute Gasteiger partial charge is 0.478 e. The summed E-state index contributed by atoms with van der Waals surface area (Å²) >= 11 is 0. The fraction of sp³-hybridized carbons (Fsp3) is 0.417. The zero-order chi connectivity index (χ0) is 12.8. The Hall–Kier alpha value is -1.37. The van der Waals surface area contributed by atoms with E-state index in [0.29, 0.717) is 11.7 Å². The van der Waals surface area contributed by atoms with Crippen LogP contribution in [0, 0.1) is 0 Å². The number of anilines is 1. The van der Waals surface area contributed by atoms with Gasteiger partial charge >= 0.3 is 5.97 Å². The van der Waals surface area contributed by atoms with Gasteiger partial charge in [-0.3, -0.25) is 4.98 Å². The molecule has 0 spiro atoms. The fourth-order valence-corrected chi connectivity index (χ4v) is 1.84. The Morgan fingerprint density at radius 3 is 2.75 bits per heavy atom. The minimum Gasteiger partial charge on any atom is -0.478 e. The molecule has 1 fully saturated rings. The number of halogens is 2. The van der Waals surface area contributed by atoms with Gasteiger partial charge in [0.1, 0.15) is 5.82 Å². The normalized spacial score (nSPS) is 17.9. The van der Waals surface area contributed by atoms with Crippen molar-refractivity contribution in [3.63, 3.8) is 0 Å². The standard InChI is InChI=1S/C12H16N4O2.2ClH/c17-12(18)4-3-9-7-15-11(8-14-9)16-10-2-1-5-13-6-10;;/h3-4,7-8,10,13H,1-2,5-6H2,(H,15,16)(H,17,18);2*1H/t10-;;/m1../s1. The molecular formula is C12H18Cl2N4O2. The SMILES string of the molecule is Cl.Cl.O=C(O)C=Cc1cnc(N[C@@H]2CCCNC2)cn1. The van der Waals surface area contributed by atoms with Crippen molar-refractivity contribution in [2.45, 2.75) is 18.9 Å². The molecule has 1 aromatic heterocycles. The van der Waals surface area contributed by atoms with Crippen molar-refractivity contribution in [1.29, 1.82) is 0 Å². The van der Waals surface area contributed by atoms with E-state index in [1.165, 1.54) is 6.08 Å². The molecule has 1 aliphatic heterocycles. The third-order valence-electron chi connectivity index (χ3n) is 2.72. The minimum absolute atomic E-state index is 0. The summed E-state index contributed by atoms with van der Waals surface area (Å²) in [6.07, 6.45) is 7.91. The summed E-state index contributed by atoms with van der Waals surface area (Å²) in [5, 5.41) is 15.1. The van der Waals surface area contributed by atoms with Crippen molar-refractivity contribution in [1.82, 2.24) is 15.3 Å². The number of aromatic nitrogens is 2. The summed E-state index contributed by atoms with van der Waals surface area (Å²) in [6.45, 7) is 2.01. The molecule has 1 aromatic rings. The van der Waals surface area contributed by atoms with E-state index in [-0.39, 0.29) is 24.8 Å². The van der Waals surface area contributed by atoms with Crippen LogP contribution in [0.15, 0.2) is 18.5 Å². The number of piperidine rings is 1. The highest BCUT2D eigenvalue weighted by Crippen LogP contribution is 2.09. The first-order valence-corrected chi connectivity index (χ1v) is 5.94. The predicted molar refractivity (Wildman–Crippen MR) is 82.7 cm³/mol. The highest BCUT2D eigenvalue weighted by atomic mass is 35.5. The number of carboxylic acid groups (broad SMARTS) is 1. The summed E-state index contributed by atoms with van der Waals surface area (Å²) in [7, 11) is 0. The van der Waals surface area contributed by atoms with Crippen LogP contribution >= 0.6 is 24.8 Å². The van der Waals surface area contributed by atoms with Crippen LogP contribution in [0.5, 0.6) is 0 Å². The zero-order valence-corrected chi connectivity index (χ0v) is 12.4. The topological polar surface area (TPSA) is 87.1 Å². The second kappa shape index (κ2) is 9.52. The van der Waals surface area contributed by atoms with E-state index >= 15 is 0 Å². The number of hydrogen-bond donors (Lipinski definition) is 3. The van der Waals surface area contributed by atoms with Crippen molar-refractivity contribution in [3.05, 3.63) is 24.2 Å². The van der Waals surface area contributed by atoms with Crippen molar-refractivity contribution >= 4 is 42.7 Å². The van der Waals surface area contributed by atoms with E-state index < -0.39 is 5.97 Å². The highest BCUT2D eigenvalue weighted by Gasteiger charge is 2.12. The molecule has 0 aliphatic carbocycles. The lowest BCUT2D eigenvalue weighted by atomic mass is 10.1. The van der Waals surface area contributed by atoms with E-state index in [1.54, 1.807) is 12.4 Å². The van der Waals surface area contributed by atoms with Gasteiger partial charge in [0.25, 0.3) is 0 Å². The Labute approximate surface area is 129 Å². The number of aliphatic carboxylic acids is 1. The molecule has 1 saturated heterocycles. The molecule has 1 atom stereocenters. The first-order chi connectivity index (χ1) is 8.74. The summed E-state index contributed by atoms with van der Waals surface area (Å²) in [4.78, 5) is 18.7. The fourth-order valence-electron chi connectivity index (χ4n) is 1.84. The van der Waals surface area contributed by atoms with Gasteiger partial charge in [-0.15, -0.1) is 24.8 Å². The van der Waals surface area contributed by atoms with Gasteiger partial charge in [0.15, 0.2) is 0 Å². The number of hydrogen-bond acceptors (Lipinski definition) is 5. The Kier molecular flexibility index (Phi) is 8.87. The molecule has 0 radical (unpaired) electrons. The van der Waals surface area contributed by atoms with Gasteiger partial charge in [0.2, 0.25) is 0 Å². The number of carbonyl (C=O) groups is 1. The molecule has 2 heterocycles. The summed E-state index contributed by atoms with van der Waals surface area (Å²) in [5.41, 5.74) is 0.532. The molecule has 1 aliphatic rings. The minimum atomic E-state index is -0.993. The maximum Gasteiger partial charge on any atom is 0.328 e. The second-order valence-electron chi connectivity index (χ2n) is 4.19. The van der Waals surface area contributed by atoms with Gasteiger partial charge < -0.3 is 15.7 Å². The zero-order valence-electron chi connectivity index (χ0n) is 10.8. The summed E-state index contributed by atoms with van der Waals surface area (Å²) < 4.78 is 0. The van der Waals surface area contributed by atoms with Gasteiger partial charge in [0, 0.05) is 18.7 Å². The van der Waals surface area contributed by atoms with Crippen LogP contribution in [0.2, 0.25) is 0 Å². The Balaban J connectivity index is 0.00000180. The second-order valence-corrected chi connectivity index (χ2v) is 4.19. The van der Waals surface area contributed by atoms with Gasteiger partial charge in [0.05, 0.1) is 18.1 Å². The molecule has 0 aromatic carbocycles. The molecule has 0 bridgehead atoms. The third kappa shape index (κ3) is 6.18. The van der Waals surface area contributed by atoms with E-state index in [4.69, 9.17) is 5.11 Å². The number of nitrogens with zero attached hydrogens (tertiary/aromatic N) is 2. The predicted octanol–water partition coefficient (Wildman–Crippen LogP) is 1.58. The first kappa shape index (κ1) is 18.6. The Bertz CT molecular complexity index is 434. The lowest BCUT2D eigenvalue weighted by Crippen LogP contribution is -2.38. The maximum absolute atomic E-state index is 10.3. The van der Waals surface area contributed by atoms with Gasteiger partial charge in [-0.1, -0.05) is 0 Å². The molecule has 2 rings (SSSR count). The molecular weight excluding hydrogens is 303 g/mol. The number of nitrogens with one attached hydrogen (secondary N) is 2. The molecule has 6 nitrogen and oxygen atoms in total. The molecule has 0 amide bonds. The third-order valence-corrected chi connectivity index (χ3v) is 2.72. The molecule has 8 heteroatoms. The van der Waals surface area contributed by atoms with Crippen molar-refractivity contribution in [2.24, 2.45) is 0 Å². The summed E-state index contributed by atoms with van der Waals surface area (Å²) in [5.74, 6) is -0.275. The van der Waals surface area contributed by atoms with Crippen LogP contribution < -0.4 is 10.6 Å². The maximum atomic E-state index is 10.3. The lowest BCUT2D eigenvalue weighted by molar-refractivity contribution is -0.131. The average molecular weight is 321 g/mol. The van der Waals surface area contributed by atoms with Crippen LogP contribution in [-0.4, -0.2) is 40.2 Å². The van der Waals surface area contributed by atoms with E-state index in [1.807, 2.05) is 0 Å². The van der Waals surface area contributed by atoms with Crippen molar-refractivity contribution < 1.29 is 9.90 Å². The van der Waals surface area contributed by atoms with Crippen LogP contribution in [0.1, 0.15) is 18.5 Å². The van der Waals surface area contributed by atoms with E-state index in [2.05, 4.69) is 20.6 Å². The Morgan fingerprint density at radius 1 is 1.40 bits per heavy atom. The van der Waals surface area contributed by atoms with Crippen molar-refractivity contribution in [3.8, 4) is 0 Å². The molecule has 3 N–H and O–H groups in total. The number of rotatable bonds is 4. The molecule has 0 unspecified atom stereocenters.